The first kappa shape index (κ1) is 31.3. The highest BCUT2D eigenvalue weighted by Crippen LogP contribution is 2.08. The van der Waals surface area contributed by atoms with Gasteiger partial charge in [-0.05, 0) is 30.6 Å². The number of nitrogens with one attached hydrogen (secondary N) is 4. The number of carboxylic acid groups (broad SMARTS) is 1. The molecule has 1 fully saturated rings. The zero-order chi connectivity index (χ0) is 27.3. The molecule has 1 aliphatic rings. The largest absolute Gasteiger partial charge is 0.481 e. The molecule has 202 valence electrons. The molecule has 1 heterocycles. The van der Waals surface area contributed by atoms with E-state index in [1.54, 1.807) is 19.9 Å². The van der Waals surface area contributed by atoms with Crippen molar-refractivity contribution in [1.82, 2.24) is 21.3 Å². The lowest BCUT2D eigenvalue weighted by atomic mass is 10.0. The number of rotatable bonds is 8. The van der Waals surface area contributed by atoms with Crippen LogP contribution in [-0.2, 0) is 33.5 Å². The monoisotopic (exact) mass is 546 g/mol. The second kappa shape index (κ2) is 16.1. The van der Waals surface area contributed by atoms with E-state index in [9.17, 15) is 28.8 Å². The summed E-state index contributed by atoms with van der Waals surface area (Å²) in [5, 5.41) is 18.9. The molecular weight excluding hydrogens is 512 g/mol. The molecule has 0 aromatic heterocycles. The van der Waals surface area contributed by atoms with Crippen LogP contribution in [0.3, 0.4) is 0 Å². The maximum Gasteiger partial charge on any atom is 0.326 e. The number of aliphatic carboxylic acids is 1. The van der Waals surface area contributed by atoms with Crippen LogP contribution in [-0.4, -0.2) is 83.0 Å². The Bertz CT molecular complexity index is 852. The van der Waals surface area contributed by atoms with Crippen LogP contribution < -0.4 is 21.3 Å². The molecule has 0 saturated carbocycles. The minimum Gasteiger partial charge on any atom is -0.481 e. The minimum absolute atomic E-state index is 0.131. The molecule has 4 amide bonds. The fourth-order valence-corrected chi connectivity index (χ4v) is 3.59. The molecule has 4 atom stereocenters. The van der Waals surface area contributed by atoms with Crippen molar-refractivity contribution in [3.8, 4) is 0 Å². The number of hydrogen-bond acceptors (Lipinski definition) is 9. The van der Waals surface area contributed by atoms with Crippen LogP contribution in [0.1, 0.15) is 39.5 Å². The van der Waals surface area contributed by atoms with Gasteiger partial charge in [0.1, 0.15) is 30.8 Å². The molecule has 1 aliphatic heterocycles. The van der Waals surface area contributed by atoms with E-state index < -0.39 is 72.8 Å². The summed E-state index contributed by atoms with van der Waals surface area (Å²) in [6.45, 7) is 2.88. The van der Waals surface area contributed by atoms with Gasteiger partial charge in [0.25, 0.3) is 0 Å². The van der Waals surface area contributed by atoms with Gasteiger partial charge in [0.2, 0.25) is 23.6 Å². The number of hydrogen-bond donors (Lipinski definition) is 7. The Labute approximate surface area is 220 Å². The van der Waals surface area contributed by atoms with Crippen LogP contribution in [0.15, 0.2) is 12.2 Å². The first-order valence-corrected chi connectivity index (χ1v) is 12.7. The first-order valence-electron chi connectivity index (χ1n) is 11.5. The van der Waals surface area contributed by atoms with Crippen LogP contribution in [0, 0.1) is 5.92 Å². The predicted octanol–water partition coefficient (Wildman–Crippen LogP) is -0.801. The van der Waals surface area contributed by atoms with Crippen LogP contribution in [0.4, 0.5) is 0 Å². The van der Waals surface area contributed by atoms with Gasteiger partial charge in [-0.1, -0.05) is 19.9 Å². The Kier molecular flexibility index (Phi) is 14.0. The van der Waals surface area contributed by atoms with Crippen LogP contribution in [0.2, 0.25) is 0 Å². The molecule has 1 rings (SSSR count). The minimum atomic E-state index is -1.28. The number of esters is 1. The van der Waals surface area contributed by atoms with Crippen LogP contribution >= 0.6 is 25.3 Å². The standard InChI is InChI=1S/C22H34N4O8S2/c1-12(2)19-22(33)23-10-18(30)34-13(5-3-4-8-35)9-16(27)24-14(6-7-17(28)29)20(31)25-15(11-36)21(32)26-19/h3,5,12-15,19,35-36H,4,6-11H2,1-2H3,(H,23,33)(H,24,27)(H,25,31)(H,26,32)(H,28,29)/t13-,14-,15-,19-/m1/s1. The average molecular weight is 547 g/mol. The zero-order valence-electron chi connectivity index (χ0n) is 20.2. The quantitative estimate of drug-likeness (QED) is 0.117. The van der Waals surface area contributed by atoms with Crippen molar-refractivity contribution in [2.45, 2.75) is 63.8 Å². The number of amides is 4. The van der Waals surface area contributed by atoms with Crippen LogP contribution in [0.25, 0.3) is 0 Å². The summed E-state index contributed by atoms with van der Waals surface area (Å²) >= 11 is 8.19. The molecule has 5 N–H and O–H groups in total. The molecule has 1 saturated heterocycles. The fourth-order valence-electron chi connectivity index (χ4n) is 3.18. The third-order valence-electron chi connectivity index (χ3n) is 5.08. The van der Waals surface area contributed by atoms with Gasteiger partial charge >= 0.3 is 11.9 Å². The summed E-state index contributed by atoms with van der Waals surface area (Å²) in [6.07, 6.45) is 1.68. The van der Waals surface area contributed by atoms with E-state index >= 15 is 0 Å². The number of carbonyl (C=O) groups is 6. The van der Waals surface area contributed by atoms with E-state index in [1.807, 2.05) is 0 Å². The normalized spacial score (nSPS) is 25.1. The highest BCUT2D eigenvalue weighted by molar-refractivity contribution is 7.80. The lowest BCUT2D eigenvalue weighted by Gasteiger charge is -2.26. The molecule has 0 aromatic rings. The Balaban J connectivity index is 3.28. The highest BCUT2D eigenvalue weighted by Gasteiger charge is 2.31. The Morgan fingerprint density at radius 1 is 1.06 bits per heavy atom. The fraction of sp³-hybridized carbons (Fsp3) is 0.636. The number of cyclic esters (lactones) is 1. The third kappa shape index (κ3) is 11.3. The highest BCUT2D eigenvalue weighted by atomic mass is 32.1. The lowest BCUT2D eigenvalue weighted by Crippen LogP contribution is -2.58. The lowest BCUT2D eigenvalue weighted by molar-refractivity contribution is -0.149. The first-order chi connectivity index (χ1) is 17.0. The van der Waals surface area contributed by atoms with Gasteiger partial charge in [-0.25, -0.2) is 0 Å². The summed E-state index contributed by atoms with van der Waals surface area (Å²) in [4.78, 5) is 74.4. The van der Waals surface area contributed by atoms with Gasteiger partial charge in [0.05, 0.1) is 6.42 Å². The van der Waals surface area contributed by atoms with E-state index in [4.69, 9.17) is 9.84 Å². The summed E-state index contributed by atoms with van der Waals surface area (Å²) in [5.41, 5.74) is 0. The van der Waals surface area contributed by atoms with Crippen molar-refractivity contribution in [3.63, 3.8) is 0 Å². The van der Waals surface area contributed by atoms with Crippen molar-refractivity contribution >= 4 is 60.8 Å². The number of thiol groups is 2. The van der Waals surface area contributed by atoms with Gasteiger partial charge in [-0.3, -0.25) is 28.8 Å². The van der Waals surface area contributed by atoms with E-state index in [0.717, 1.165) is 0 Å². The number of allylic oxidation sites excluding steroid dienone is 1. The maximum atomic E-state index is 12.9. The predicted molar refractivity (Wildman–Crippen MR) is 136 cm³/mol. The third-order valence-corrected chi connectivity index (χ3v) is 5.71. The van der Waals surface area contributed by atoms with E-state index in [0.29, 0.717) is 12.2 Å². The molecule has 36 heavy (non-hydrogen) atoms. The van der Waals surface area contributed by atoms with Gasteiger partial charge < -0.3 is 31.1 Å². The Morgan fingerprint density at radius 3 is 2.31 bits per heavy atom. The smallest absolute Gasteiger partial charge is 0.326 e. The zero-order valence-corrected chi connectivity index (χ0v) is 22.0. The van der Waals surface area contributed by atoms with Crippen LogP contribution in [0.5, 0.6) is 0 Å². The maximum absolute atomic E-state index is 12.9. The topological polar surface area (TPSA) is 180 Å². The molecule has 0 spiro atoms. The molecule has 0 aliphatic carbocycles. The van der Waals surface area contributed by atoms with Crippen molar-refractivity contribution in [1.29, 1.82) is 0 Å². The van der Waals surface area contributed by atoms with Gasteiger partial charge in [-0.2, -0.15) is 25.3 Å². The van der Waals surface area contributed by atoms with E-state index in [-0.39, 0.29) is 24.5 Å². The van der Waals surface area contributed by atoms with E-state index in [2.05, 4.69) is 46.5 Å². The van der Waals surface area contributed by atoms with Gasteiger partial charge in [0, 0.05) is 12.2 Å². The molecular formula is C22H34N4O8S2. The second-order valence-electron chi connectivity index (χ2n) is 8.42. The summed E-state index contributed by atoms with van der Waals surface area (Å²) < 4.78 is 5.31. The van der Waals surface area contributed by atoms with Gasteiger partial charge in [0.15, 0.2) is 0 Å². The SMILES string of the molecule is CC(C)[C@H]1NC(=O)[C@@H](CS)NC(=O)[C@@H](CCC(=O)O)NC(=O)C[C@@H](C=CCCS)OC(=O)CNC1=O. The van der Waals surface area contributed by atoms with Gasteiger partial charge in [-0.15, -0.1) is 0 Å². The Hall–Kier alpha value is -2.74. The molecule has 0 unspecified atom stereocenters. The Morgan fingerprint density at radius 2 is 1.72 bits per heavy atom. The molecule has 14 heteroatoms. The average Bonchev–Trinajstić information content (AvgIpc) is 2.80. The van der Waals surface area contributed by atoms with Crippen molar-refractivity contribution < 1.29 is 38.6 Å². The molecule has 0 aromatic carbocycles. The number of carbonyl (C=O) groups excluding carboxylic acids is 5. The number of carboxylic acids is 1. The second-order valence-corrected chi connectivity index (χ2v) is 9.23. The molecule has 12 nitrogen and oxygen atoms in total. The summed E-state index contributed by atoms with van der Waals surface area (Å²) in [7, 11) is 0. The summed E-state index contributed by atoms with van der Waals surface area (Å²) in [5.74, 6) is -4.79. The van der Waals surface area contributed by atoms with Crippen molar-refractivity contribution in [2.24, 2.45) is 5.92 Å². The molecule has 0 bridgehead atoms. The van der Waals surface area contributed by atoms with E-state index in [1.165, 1.54) is 6.08 Å². The number of ether oxygens (including phenoxy) is 1. The van der Waals surface area contributed by atoms with Crippen molar-refractivity contribution in [3.05, 3.63) is 12.2 Å². The van der Waals surface area contributed by atoms with Crippen molar-refractivity contribution in [2.75, 3.05) is 18.1 Å². The summed E-state index contributed by atoms with van der Waals surface area (Å²) in [6, 6.07) is -3.47. The molecule has 0 radical (unpaired) electrons.